The first-order valence-corrected chi connectivity index (χ1v) is 11.1. The van der Waals surface area contributed by atoms with E-state index in [1.54, 1.807) is 16.9 Å². The lowest BCUT2D eigenvalue weighted by Crippen LogP contribution is -2.49. The van der Waals surface area contributed by atoms with Crippen molar-refractivity contribution in [2.75, 3.05) is 17.3 Å². The van der Waals surface area contributed by atoms with Gasteiger partial charge in [-0.2, -0.15) is 18.3 Å². The Hall–Kier alpha value is -3.43. The van der Waals surface area contributed by atoms with Crippen LogP contribution in [0.4, 0.5) is 24.5 Å². The lowest BCUT2D eigenvalue weighted by atomic mass is 9.97. The summed E-state index contributed by atoms with van der Waals surface area (Å²) in [5, 5.41) is 7.29. The van der Waals surface area contributed by atoms with Gasteiger partial charge in [0.2, 0.25) is 5.91 Å². The molecule has 1 N–H and O–H groups in total. The molecule has 1 aliphatic heterocycles. The third-order valence-corrected chi connectivity index (χ3v) is 5.99. The van der Waals surface area contributed by atoms with Gasteiger partial charge in [-0.3, -0.25) is 19.4 Å². The molecule has 4 heterocycles. The highest BCUT2D eigenvalue weighted by Gasteiger charge is 2.34. The van der Waals surface area contributed by atoms with E-state index in [0.717, 1.165) is 40.6 Å². The minimum Gasteiger partial charge on any atom is -0.361 e. The predicted molar refractivity (Wildman–Crippen MR) is 129 cm³/mol. The number of nitrogens with one attached hydrogen (secondary N) is 1. The summed E-state index contributed by atoms with van der Waals surface area (Å²) < 4.78 is 40.3. The number of alkyl halides is 3. The average molecular weight is 489 g/mol. The zero-order valence-electron chi connectivity index (χ0n) is 19.5. The highest BCUT2D eigenvalue weighted by atomic mass is 19.4. The number of hydrogen-bond acceptors (Lipinski definition) is 5. The van der Waals surface area contributed by atoms with Crippen LogP contribution in [-0.2, 0) is 30.4 Å². The average Bonchev–Trinajstić information content (AvgIpc) is 3.20. The topological polar surface area (TPSA) is 75.9 Å². The largest absolute Gasteiger partial charge is 0.433 e. The Morgan fingerprint density at radius 2 is 1.91 bits per heavy atom. The second kappa shape index (κ2) is 10.1. The summed E-state index contributed by atoms with van der Waals surface area (Å²) in [6.07, 6.45) is 1.59. The van der Waals surface area contributed by atoms with Crippen molar-refractivity contribution in [2.24, 2.45) is 5.92 Å². The normalized spacial score (nSPS) is 15.6. The van der Waals surface area contributed by atoms with Crippen LogP contribution in [0.2, 0.25) is 0 Å². The summed E-state index contributed by atoms with van der Waals surface area (Å²) in [7, 11) is 1.93. The van der Waals surface area contributed by atoms with Crippen LogP contribution in [0.1, 0.15) is 49.5 Å². The molecule has 0 unspecified atom stereocenters. The van der Waals surface area contributed by atoms with Gasteiger partial charge < -0.3 is 10.2 Å². The maximum Gasteiger partial charge on any atom is 0.433 e. The van der Waals surface area contributed by atoms with Crippen molar-refractivity contribution in [1.82, 2.24) is 19.7 Å². The van der Waals surface area contributed by atoms with Gasteiger partial charge in [0.25, 0.3) is 0 Å². The molecule has 1 amide bonds. The fourth-order valence-electron chi connectivity index (χ4n) is 4.36. The van der Waals surface area contributed by atoms with E-state index in [9.17, 15) is 18.0 Å². The lowest BCUT2D eigenvalue weighted by Gasteiger charge is -2.38. The molecule has 7 nitrogen and oxygen atoms in total. The van der Waals surface area contributed by atoms with Crippen LogP contribution < -0.4 is 10.2 Å². The summed E-state index contributed by atoms with van der Waals surface area (Å²) >= 11 is 0. The molecular weight excluding hydrogens is 457 g/mol. The van der Waals surface area contributed by atoms with Gasteiger partial charge >= 0.3 is 6.18 Å². The Kier molecular flexibility index (Phi) is 7.52. The number of amides is 1. The maximum atomic E-state index is 12.9. The molecule has 0 bridgehead atoms. The van der Waals surface area contributed by atoms with Crippen molar-refractivity contribution in [3.05, 3.63) is 65.0 Å². The van der Waals surface area contributed by atoms with E-state index in [1.165, 1.54) is 0 Å². The number of carbonyl (C=O) groups is 1. The molecule has 0 aromatic carbocycles. The van der Waals surface area contributed by atoms with Crippen LogP contribution in [0.25, 0.3) is 0 Å². The fraction of sp³-hybridized carbons (Fsp3) is 0.440. The van der Waals surface area contributed by atoms with Gasteiger partial charge in [0.15, 0.2) is 0 Å². The standard InChI is InChI=1S/C24H27F3N6O.CH4/c1-14(2)22-23(34)31-21-15(3)30-18(10-19(21)32(22)4)6-5-17-11-29-33(13-17)12-16-7-8-28-20(9-16)24(25,26)27;/h7-11,13-14,22H,5-6,12H2,1-4H3,(H,31,34);1H4/t22-;/m0./s1. The van der Waals surface area contributed by atoms with Crippen LogP contribution in [0.15, 0.2) is 36.8 Å². The van der Waals surface area contributed by atoms with Gasteiger partial charge in [0, 0.05) is 25.1 Å². The van der Waals surface area contributed by atoms with Gasteiger partial charge in [-0.1, -0.05) is 21.3 Å². The van der Waals surface area contributed by atoms with Crippen molar-refractivity contribution >= 4 is 17.3 Å². The van der Waals surface area contributed by atoms with E-state index in [1.807, 2.05) is 45.0 Å². The number of rotatable bonds is 6. The monoisotopic (exact) mass is 488 g/mol. The van der Waals surface area contributed by atoms with Crippen molar-refractivity contribution < 1.29 is 18.0 Å². The number of fused-ring (bicyclic) bond motifs is 1. The second-order valence-electron chi connectivity index (χ2n) is 8.98. The van der Waals surface area contributed by atoms with Crippen LogP contribution in [0.5, 0.6) is 0 Å². The number of pyridine rings is 2. The molecule has 3 aromatic rings. The van der Waals surface area contributed by atoms with Crippen molar-refractivity contribution in [1.29, 1.82) is 0 Å². The summed E-state index contributed by atoms with van der Waals surface area (Å²) in [6.45, 7) is 6.15. The molecule has 188 valence electrons. The quantitative estimate of drug-likeness (QED) is 0.535. The number of halogens is 3. The molecule has 4 rings (SSSR count). The highest BCUT2D eigenvalue weighted by molar-refractivity contribution is 6.04. The Labute approximate surface area is 203 Å². The maximum absolute atomic E-state index is 12.9. The molecule has 3 aromatic heterocycles. The Balaban J connectivity index is 0.00000342. The van der Waals surface area contributed by atoms with E-state index >= 15 is 0 Å². The Morgan fingerprint density at radius 3 is 2.60 bits per heavy atom. The molecule has 35 heavy (non-hydrogen) atoms. The van der Waals surface area contributed by atoms with Gasteiger partial charge in [-0.05, 0) is 55.0 Å². The third kappa shape index (κ3) is 5.63. The molecular formula is C25H31F3N6O. The van der Waals surface area contributed by atoms with E-state index in [4.69, 9.17) is 0 Å². The SMILES string of the molecule is C.Cc1nc(CCc2cnn(Cc3ccnc(C(F)(F)F)c3)c2)cc2c1NC(=O)[C@H](C(C)C)N2C. The van der Waals surface area contributed by atoms with E-state index in [0.29, 0.717) is 18.4 Å². The number of nitrogens with zero attached hydrogens (tertiary/aromatic N) is 5. The first kappa shape index (κ1) is 26.2. The van der Waals surface area contributed by atoms with Gasteiger partial charge in [-0.15, -0.1) is 0 Å². The number of aromatic nitrogens is 4. The number of anilines is 2. The first-order valence-electron chi connectivity index (χ1n) is 11.1. The second-order valence-corrected chi connectivity index (χ2v) is 8.98. The van der Waals surface area contributed by atoms with E-state index in [-0.39, 0.29) is 31.8 Å². The van der Waals surface area contributed by atoms with Crippen LogP contribution >= 0.6 is 0 Å². The van der Waals surface area contributed by atoms with Gasteiger partial charge in [-0.25, -0.2) is 0 Å². The summed E-state index contributed by atoms with van der Waals surface area (Å²) in [6, 6.07) is 4.36. The molecule has 0 saturated heterocycles. The minimum atomic E-state index is -4.47. The van der Waals surface area contributed by atoms with Crippen LogP contribution in [-0.4, -0.2) is 38.7 Å². The number of aryl methyl sites for hydroxylation is 3. The molecule has 0 saturated carbocycles. The number of carbonyl (C=O) groups excluding carboxylic acids is 1. The predicted octanol–water partition coefficient (Wildman–Crippen LogP) is 4.88. The highest BCUT2D eigenvalue weighted by Crippen LogP contribution is 2.35. The lowest BCUT2D eigenvalue weighted by molar-refractivity contribution is -0.141. The van der Waals surface area contributed by atoms with Gasteiger partial charge in [0.05, 0.1) is 29.8 Å². The Bertz CT molecular complexity index is 1200. The first-order chi connectivity index (χ1) is 16.0. The summed E-state index contributed by atoms with van der Waals surface area (Å²) in [4.78, 5) is 22.6. The molecule has 0 spiro atoms. The van der Waals surface area contributed by atoms with Gasteiger partial charge in [0.1, 0.15) is 11.7 Å². The minimum absolute atomic E-state index is 0. The van der Waals surface area contributed by atoms with E-state index < -0.39 is 11.9 Å². The molecule has 0 fully saturated rings. The Morgan fingerprint density at radius 1 is 1.17 bits per heavy atom. The third-order valence-electron chi connectivity index (χ3n) is 5.99. The fourth-order valence-corrected chi connectivity index (χ4v) is 4.36. The molecule has 1 atom stereocenters. The van der Waals surface area contributed by atoms with Crippen LogP contribution in [0.3, 0.4) is 0 Å². The van der Waals surface area contributed by atoms with E-state index in [2.05, 4.69) is 20.4 Å². The zero-order valence-corrected chi connectivity index (χ0v) is 19.5. The summed E-state index contributed by atoms with van der Waals surface area (Å²) in [5.41, 5.74) is 3.90. The molecule has 0 radical (unpaired) electrons. The van der Waals surface area contributed by atoms with Crippen molar-refractivity contribution in [3.8, 4) is 0 Å². The number of hydrogen-bond donors (Lipinski definition) is 1. The van der Waals surface area contributed by atoms with Crippen molar-refractivity contribution in [3.63, 3.8) is 0 Å². The summed E-state index contributed by atoms with van der Waals surface area (Å²) in [5.74, 6) is 0.139. The van der Waals surface area contributed by atoms with Crippen molar-refractivity contribution in [2.45, 2.75) is 59.8 Å². The molecule has 1 aliphatic rings. The molecule has 0 aliphatic carbocycles. The molecule has 10 heteroatoms. The number of likely N-dealkylation sites (N-methyl/N-ethyl adjacent to an activating group) is 1. The zero-order chi connectivity index (χ0) is 24.6. The van der Waals surface area contributed by atoms with Crippen LogP contribution in [0, 0.1) is 12.8 Å². The smallest absolute Gasteiger partial charge is 0.361 e.